The molecule has 1 aromatic rings. The number of rotatable bonds is 4. The summed E-state index contributed by atoms with van der Waals surface area (Å²) in [6.45, 7) is 2.02. The largest absolute Gasteiger partial charge is 0.481 e. The van der Waals surface area contributed by atoms with E-state index in [1.807, 2.05) is 6.92 Å². The zero-order chi connectivity index (χ0) is 14.8. The van der Waals surface area contributed by atoms with Gasteiger partial charge in [0.05, 0.1) is 19.0 Å². The van der Waals surface area contributed by atoms with Gasteiger partial charge in [-0.05, 0) is 24.8 Å². The third kappa shape index (κ3) is 2.38. The molecule has 20 heavy (non-hydrogen) atoms. The molecule has 4 N–H and O–H groups in total. The number of carbonyl (C=O) groups is 1. The van der Waals surface area contributed by atoms with Gasteiger partial charge < -0.3 is 21.0 Å². The maximum absolute atomic E-state index is 12.4. The molecule has 108 valence electrons. The highest BCUT2D eigenvalue weighted by Crippen LogP contribution is 2.46. The van der Waals surface area contributed by atoms with Crippen LogP contribution in [0.15, 0.2) is 23.5 Å². The quantitative estimate of drug-likeness (QED) is 0.332. The predicted octanol–water partition coefficient (Wildman–Crippen LogP) is 1.19. The number of amidine groups is 1. The molecule has 0 aromatic carbocycles. The third-order valence-corrected chi connectivity index (χ3v) is 3.63. The molecule has 1 amide bonds. The molecular weight excluding hydrogens is 260 g/mol. The van der Waals surface area contributed by atoms with Crippen molar-refractivity contribution in [3.05, 3.63) is 18.3 Å². The number of nitrogens with two attached hydrogens (primary N) is 1. The van der Waals surface area contributed by atoms with Gasteiger partial charge in [-0.3, -0.25) is 4.79 Å². The summed E-state index contributed by atoms with van der Waals surface area (Å²) >= 11 is 0. The fourth-order valence-electron chi connectivity index (χ4n) is 2.56. The first-order chi connectivity index (χ1) is 9.51. The molecule has 1 aliphatic carbocycles. The minimum Gasteiger partial charge on any atom is -0.481 e. The SMILES string of the molecule is COc1ccc(NC(=O)C2(/C(N)=N/O)CC(C)C2)cn1. The Morgan fingerprint density at radius 3 is 2.75 bits per heavy atom. The molecule has 0 aliphatic heterocycles. The molecule has 0 spiro atoms. The van der Waals surface area contributed by atoms with Crippen LogP contribution in [0.5, 0.6) is 5.88 Å². The molecule has 7 nitrogen and oxygen atoms in total. The van der Waals surface area contributed by atoms with E-state index in [0.29, 0.717) is 30.3 Å². The second-order valence-corrected chi connectivity index (χ2v) is 5.12. The molecule has 0 radical (unpaired) electrons. The van der Waals surface area contributed by atoms with E-state index >= 15 is 0 Å². The topological polar surface area (TPSA) is 110 Å². The number of hydrogen-bond donors (Lipinski definition) is 3. The van der Waals surface area contributed by atoms with Crippen molar-refractivity contribution in [2.24, 2.45) is 22.2 Å². The average molecular weight is 278 g/mol. The lowest BCUT2D eigenvalue weighted by Crippen LogP contribution is -2.54. The summed E-state index contributed by atoms with van der Waals surface area (Å²) in [5, 5.41) is 14.6. The first kappa shape index (κ1) is 14.1. The Hall–Kier alpha value is -2.31. The van der Waals surface area contributed by atoms with Crippen LogP contribution in [0.25, 0.3) is 0 Å². The lowest BCUT2D eigenvalue weighted by Gasteiger charge is -2.43. The van der Waals surface area contributed by atoms with Gasteiger partial charge in [-0.15, -0.1) is 0 Å². The van der Waals surface area contributed by atoms with Crippen LogP contribution in [0, 0.1) is 11.3 Å². The molecule has 0 unspecified atom stereocenters. The van der Waals surface area contributed by atoms with Gasteiger partial charge in [-0.2, -0.15) is 0 Å². The van der Waals surface area contributed by atoms with Crippen molar-refractivity contribution in [3.8, 4) is 5.88 Å². The van der Waals surface area contributed by atoms with Crippen molar-refractivity contribution >= 4 is 17.4 Å². The Labute approximate surface area is 116 Å². The highest BCUT2D eigenvalue weighted by molar-refractivity contribution is 6.12. The molecular formula is C13H18N4O3. The Morgan fingerprint density at radius 1 is 1.60 bits per heavy atom. The van der Waals surface area contributed by atoms with Gasteiger partial charge in [0.15, 0.2) is 5.84 Å². The Balaban J connectivity index is 2.13. The molecule has 7 heteroatoms. The monoisotopic (exact) mass is 278 g/mol. The highest BCUT2D eigenvalue weighted by atomic mass is 16.5. The highest BCUT2D eigenvalue weighted by Gasteiger charge is 2.52. The molecule has 2 rings (SSSR count). The van der Waals surface area contributed by atoms with Gasteiger partial charge in [0.25, 0.3) is 0 Å². The van der Waals surface area contributed by atoms with E-state index in [1.165, 1.54) is 13.3 Å². The summed E-state index contributed by atoms with van der Waals surface area (Å²) in [5.41, 5.74) is 5.30. The molecule has 1 aromatic heterocycles. The minimum absolute atomic E-state index is 0.0467. The summed E-state index contributed by atoms with van der Waals surface area (Å²) < 4.78 is 4.95. The second-order valence-electron chi connectivity index (χ2n) is 5.12. The first-order valence-electron chi connectivity index (χ1n) is 6.31. The number of anilines is 1. The molecule has 0 saturated heterocycles. The minimum atomic E-state index is -0.923. The predicted molar refractivity (Wildman–Crippen MR) is 73.7 cm³/mol. The van der Waals surface area contributed by atoms with Crippen LogP contribution < -0.4 is 15.8 Å². The van der Waals surface area contributed by atoms with Crippen molar-refractivity contribution in [2.45, 2.75) is 19.8 Å². The number of ether oxygens (including phenoxy) is 1. The number of nitrogens with one attached hydrogen (secondary N) is 1. The number of nitrogens with zero attached hydrogens (tertiary/aromatic N) is 2. The Morgan fingerprint density at radius 2 is 2.30 bits per heavy atom. The van der Waals surface area contributed by atoms with Crippen molar-refractivity contribution < 1.29 is 14.7 Å². The zero-order valence-corrected chi connectivity index (χ0v) is 11.5. The lowest BCUT2D eigenvalue weighted by molar-refractivity contribution is -0.127. The van der Waals surface area contributed by atoms with Crippen LogP contribution in [0.2, 0.25) is 0 Å². The second kappa shape index (κ2) is 5.36. The number of oxime groups is 1. The van der Waals surface area contributed by atoms with Gasteiger partial charge in [0.1, 0.15) is 5.41 Å². The van der Waals surface area contributed by atoms with Crippen LogP contribution in [-0.2, 0) is 4.79 Å². The maximum atomic E-state index is 12.4. The van der Waals surface area contributed by atoms with Crippen LogP contribution in [0.1, 0.15) is 19.8 Å². The first-order valence-corrected chi connectivity index (χ1v) is 6.31. The van der Waals surface area contributed by atoms with Crippen LogP contribution in [0.4, 0.5) is 5.69 Å². The van der Waals surface area contributed by atoms with Gasteiger partial charge in [0.2, 0.25) is 11.8 Å². The molecule has 0 bridgehead atoms. The fraction of sp³-hybridized carbons (Fsp3) is 0.462. The number of aromatic nitrogens is 1. The summed E-state index contributed by atoms with van der Waals surface area (Å²) in [6, 6.07) is 3.33. The van der Waals surface area contributed by atoms with Crippen molar-refractivity contribution in [2.75, 3.05) is 12.4 Å². The van der Waals surface area contributed by atoms with E-state index in [2.05, 4.69) is 15.5 Å². The van der Waals surface area contributed by atoms with Crippen LogP contribution >= 0.6 is 0 Å². The van der Waals surface area contributed by atoms with E-state index in [4.69, 9.17) is 15.7 Å². The van der Waals surface area contributed by atoms with Crippen molar-refractivity contribution in [1.29, 1.82) is 0 Å². The summed E-state index contributed by atoms with van der Waals surface area (Å²) in [6.07, 6.45) is 2.63. The molecule has 0 atom stereocenters. The van der Waals surface area contributed by atoms with E-state index in [1.54, 1.807) is 12.1 Å². The number of carbonyl (C=O) groups excluding carboxylic acids is 1. The van der Waals surface area contributed by atoms with Gasteiger partial charge in [-0.25, -0.2) is 4.98 Å². The van der Waals surface area contributed by atoms with Crippen molar-refractivity contribution in [1.82, 2.24) is 4.98 Å². The lowest BCUT2D eigenvalue weighted by atomic mass is 9.61. The molecule has 1 heterocycles. The normalized spacial score (nSPS) is 25.7. The summed E-state index contributed by atoms with van der Waals surface area (Å²) in [7, 11) is 1.52. The van der Waals surface area contributed by atoms with Gasteiger partial charge in [-0.1, -0.05) is 12.1 Å². The van der Waals surface area contributed by atoms with E-state index in [-0.39, 0.29) is 11.7 Å². The maximum Gasteiger partial charge on any atom is 0.238 e. The van der Waals surface area contributed by atoms with E-state index in [9.17, 15) is 4.79 Å². The number of amides is 1. The van der Waals surface area contributed by atoms with E-state index in [0.717, 1.165) is 0 Å². The van der Waals surface area contributed by atoms with E-state index < -0.39 is 5.41 Å². The molecule has 1 saturated carbocycles. The Bertz CT molecular complexity index is 521. The Kier molecular flexibility index (Phi) is 3.78. The average Bonchev–Trinajstić information content (AvgIpc) is 2.43. The number of pyridine rings is 1. The molecule has 1 aliphatic rings. The van der Waals surface area contributed by atoms with Crippen LogP contribution in [-0.4, -0.2) is 29.0 Å². The summed E-state index contributed by atoms with van der Waals surface area (Å²) in [5.74, 6) is 0.508. The fourth-order valence-corrected chi connectivity index (χ4v) is 2.56. The zero-order valence-electron chi connectivity index (χ0n) is 11.5. The van der Waals surface area contributed by atoms with Gasteiger partial charge in [0, 0.05) is 6.07 Å². The number of hydrogen-bond acceptors (Lipinski definition) is 5. The van der Waals surface area contributed by atoms with Crippen molar-refractivity contribution in [3.63, 3.8) is 0 Å². The standard InChI is InChI=1S/C13H18N4O3/c1-8-5-13(6-8,11(14)17-19)12(18)16-9-3-4-10(20-2)15-7-9/h3-4,7-8,19H,5-6H2,1-2H3,(H2,14,17)(H,16,18). The van der Waals surface area contributed by atoms with Crippen LogP contribution in [0.3, 0.4) is 0 Å². The van der Waals surface area contributed by atoms with Gasteiger partial charge >= 0.3 is 0 Å². The summed E-state index contributed by atoms with van der Waals surface area (Å²) in [4.78, 5) is 16.4. The molecule has 1 fully saturated rings. The smallest absolute Gasteiger partial charge is 0.238 e. The number of methoxy groups -OCH3 is 1. The third-order valence-electron chi connectivity index (χ3n) is 3.63.